The fourth-order valence-electron chi connectivity index (χ4n) is 2.94. The van der Waals surface area contributed by atoms with Gasteiger partial charge in [-0.25, -0.2) is 21.8 Å². The predicted octanol–water partition coefficient (Wildman–Crippen LogP) is 3.33. The molecule has 0 amide bonds. The SMILES string of the molecule is CCCC1C=Nc2c(ccn2S(C)(=O)=O)N1Cc1ccc(F)cc1. The van der Waals surface area contributed by atoms with Crippen molar-refractivity contribution in [2.75, 3.05) is 11.2 Å². The van der Waals surface area contributed by atoms with Crippen molar-refractivity contribution in [1.29, 1.82) is 0 Å². The molecule has 0 fully saturated rings. The number of hydrogen-bond donors (Lipinski definition) is 0. The summed E-state index contributed by atoms with van der Waals surface area (Å²) < 4.78 is 38.1. The van der Waals surface area contributed by atoms with Crippen LogP contribution in [0.4, 0.5) is 15.9 Å². The van der Waals surface area contributed by atoms with Crippen molar-refractivity contribution < 1.29 is 12.8 Å². The van der Waals surface area contributed by atoms with Gasteiger partial charge in [0.25, 0.3) is 0 Å². The fraction of sp³-hybridized carbons (Fsp3) is 0.353. The minimum Gasteiger partial charge on any atom is -0.356 e. The summed E-state index contributed by atoms with van der Waals surface area (Å²) in [5.41, 5.74) is 1.75. The summed E-state index contributed by atoms with van der Waals surface area (Å²) in [6.07, 6.45) is 6.39. The first kappa shape index (κ1) is 16.7. The summed E-state index contributed by atoms with van der Waals surface area (Å²) >= 11 is 0. The van der Waals surface area contributed by atoms with Crippen molar-refractivity contribution in [3.8, 4) is 0 Å². The van der Waals surface area contributed by atoms with Gasteiger partial charge in [0.2, 0.25) is 10.0 Å². The minimum absolute atomic E-state index is 0.0861. The number of hydrogen-bond acceptors (Lipinski definition) is 4. The molecule has 1 aromatic carbocycles. The van der Waals surface area contributed by atoms with Gasteiger partial charge in [0.1, 0.15) is 5.82 Å². The van der Waals surface area contributed by atoms with Crippen molar-refractivity contribution in [2.24, 2.45) is 4.99 Å². The van der Waals surface area contributed by atoms with E-state index in [0.29, 0.717) is 12.4 Å². The Morgan fingerprint density at radius 1 is 1.21 bits per heavy atom. The third-order valence-electron chi connectivity index (χ3n) is 4.09. The lowest BCUT2D eigenvalue weighted by molar-refractivity contribution is 0.593. The molecule has 24 heavy (non-hydrogen) atoms. The average molecular weight is 349 g/mol. The van der Waals surface area contributed by atoms with E-state index < -0.39 is 10.0 Å². The highest BCUT2D eigenvalue weighted by molar-refractivity contribution is 7.89. The van der Waals surface area contributed by atoms with Crippen LogP contribution in [-0.4, -0.2) is 30.9 Å². The highest BCUT2D eigenvalue weighted by Gasteiger charge is 2.27. The monoisotopic (exact) mass is 349 g/mol. The Bertz CT molecular complexity index is 856. The van der Waals surface area contributed by atoms with Gasteiger partial charge in [0, 0.05) is 19.0 Å². The second-order valence-electron chi connectivity index (χ2n) is 5.97. The van der Waals surface area contributed by atoms with Crippen molar-refractivity contribution >= 4 is 27.7 Å². The summed E-state index contributed by atoms with van der Waals surface area (Å²) in [6.45, 7) is 2.67. The quantitative estimate of drug-likeness (QED) is 0.832. The van der Waals surface area contributed by atoms with E-state index in [-0.39, 0.29) is 11.9 Å². The number of aromatic nitrogens is 1. The number of halogens is 1. The van der Waals surface area contributed by atoms with Gasteiger partial charge in [-0.1, -0.05) is 25.5 Å². The van der Waals surface area contributed by atoms with Crippen LogP contribution >= 0.6 is 0 Å². The molecule has 0 aliphatic carbocycles. The minimum atomic E-state index is -3.41. The third kappa shape index (κ3) is 3.21. The summed E-state index contributed by atoms with van der Waals surface area (Å²) in [6, 6.07) is 8.23. The van der Waals surface area contributed by atoms with Crippen LogP contribution in [0.3, 0.4) is 0 Å². The van der Waals surface area contributed by atoms with E-state index in [4.69, 9.17) is 0 Å². The molecule has 0 bridgehead atoms. The maximum absolute atomic E-state index is 13.1. The van der Waals surface area contributed by atoms with Crippen molar-refractivity contribution in [2.45, 2.75) is 32.4 Å². The smallest absolute Gasteiger partial charge is 0.237 e. The van der Waals surface area contributed by atoms with Gasteiger partial charge in [0.15, 0.2) is 5.82 Å². The zero-order valence-corrected chi connectivity index (χ0v) is 14.5. The molecule has 0 spiro atoms. The Morgan fingerprint density at radius 2 is 1.92 bits per heavy atom. The molecule has 0 saturated carbocycles. The highest BCUT2D eigenvalue weighted by Crippen LogP contribution is 2.37. The zero-order chi connectivity index (χ0) is 17.3. The van der Waals surface area contributed by atoms with Gasteiger partial charge >= 0.3 is 0 Å². The Labute approximate surface area is 141 Å². The maximum Gasteiger partial charge on any atom is 0.237 e. The first-order chi connectivity index (χ1) is 11.4. The molecule has 0 saturated heterocycles. The van der Waals surface area contributed by atoms with Gasteiger partial charge in [-0.3, -0.25) is 0 Å². The largest absolute Gasteiger partial charge is 0.356 e. The molecular formula is C17H20FN3O2S. The lowest BCUT2D eigenvalue weighted by atomic mass is 10.1. The molecule has 1 atom stereocenters. The van der Waals surface area contributed by atoms with Gasteiger partial charge in [-0.05, 0) is 30.2 Å². The molecule has 128 valence electrons. The lowest BCUT2D eigenvalue weighted by Crippen LogP contribution is -2.37. The molecule has 1 unspecified atom stereocenters. The summed E-state index contributed by atoms with van der Waals surface area (Å²) in [5.74, 6) is 0.153. The zero-order valence-electron chi connectivity index (χ0n) is 13.7. The second-order valence-corrected chi connectivity index (χ2v) is 7.83. The van der Waals surface area contributed by atoms with E-state index in [1.165, 1.54) is 22.3 Å². The fourth-order valence-corrected chi connectivity index (χ4v) is 3.68. The van der Waals surface area contributed by atoms with Gasteiger partial charge in [-0.2, -0.15) is 0 Å². The molecule has 0 N–H and O–H groups in total. The maximum atomic E-state index is 13.1. The van der Waals surface area contributed by atoms with Crippen LogP contribution in [0.1, 0.15) is 25.3 Å². The van der Waals surface area contributed by atoms with Crippen LogP contribution in [-0.2, 0) is 16.6 Å². The van der Waals surface area contributed by atoms with Crippen LogP contribution in [0.25, 0.3) is 0 Å². The topological polar surface area (TPSA) is 54.7 Å². The van der Waals surface area contributed by atoms with Gasteiger partial charge in [0.05, 0.1) is 18.0 Å². The van der Waals surface area contributed by atoms with Crippen molar-refractivity contribution in [1.82, 2.24) is 3.97 Å². The van der Waals surface area contributed by atoms with Gasteiger partial charge < -0.3 is 4.90 Å². The van der Waals surface area contributed by atoms with Crippen LogP contribution in [0.15, 0.2) is 41.5 Å². The average Bonchev–Trinajstić information content (AvgIpc) is 2.96. The van der Waals surface area contributed by atoms with E-state index in [1.54, 1.807) is 24.4 Å². The number of fused-ring (bicyclic) bond motifs is 1. The Hall–Kier alpha value is -2.15. The van der Waals surface area contributed by atoms with E-state index >= 15 is 0 Å². The molecule has 1 aliphatic rings. The Kier molecular flexibility index (Phi) is 4.45. The van der Waals surface area contributed by atoms with Crippen molar-refractivity contribution in [3.63, 3.8) is 0 Å². The molecule has 2 heterocycles. The van der Waals surface area contributed by atoms with Crippen LogP contribution in [0.2, 0.25) is 0 Å². The summed E-state index contributed by atoms with van der Waals surface area (Å²) in [5, 5.41) is 0. The number of nitrogens with zero attached hydrogens (tertiary/aromatic N) is 3. The molecule has 7 heteroatoms. The predicted molar refractivity (Wildman–Crippen MR) is 94.1 cm³/mol. The molecule has 1 aliphatic heterocycles. The molecular weight excluding hydrogens is 329 g/mol. The number of benzene rings is 1. The van der Waals surface area contributed by atoms with E-state index in [1.807, 2.05) is 0 Å². The molecule has 3 rings (SSSR count). The molecule has 2 aromatic rings. The first-order valence-electron chi connectivity index (χ1n) is 7.87. The van der Waals surface area contributed by atoms with E-state index in [0.717, 1.165) is 30.3 Å². The summed E-state index contributed by atoms with van der Waals surface area (Å²) in [7, 11) is -3.41. The van der Waals surface area contributed by atoms with E-state index in [2.05, 4.69) is 16.8 Å². The van der Waals surface area contributed by atoms with Crippen LogP contribution in [0, 0.1) is 5.82 Å². The molecule has 1 aromatic heterocycles. The van der Waals surface area contributed by atoms with E-state index in [9.17, 15) is 12.8 Å². The Balaban J connectivity index is 2.00. The van der Waals surface area contributed by atoms with Crippen molar-refractivity contribution in [3.05, 3.63) is 47.9 Å². The van der Waals surface area contributed by atoms with Gasteiger partial charge in [-0.15, -0.1) is 0 Å². The second kappa shape index (κ2) is 6.39. The third-order valence-corrected chi connectivity index (χ3v) is 5.10. The normalized spacial score (nSPS) is 17.1. The first-order valence-corrected chi connectivity index (χ1v) is 9.72. The summed E-state index contributed by atoms with van der Waals surface area (Å²) in [4.78, 5) is 6.51. The highest BCUT2D eigenvalue weighted by atomic mass is 32.2. The molecule has 0 radical (unpaired) electrons. The standard InChI is InChI=1S/C17H20FN3O2S/c1-3-4-15-11-19-17-16(9-10-21(17)24(2,22)23)20(15)12-13-5-7-14(18)8-6-13/h5-11,15H,3-4,12H2,1-2H3. The lowest BCUT2D eigenvalue weighted by Gasteiger charge is -2.33. The number of anilines is 1. The van der Waals surface area contributed by atoms with Crippen LogP contribution in [0.5, 0.6) is 0 Å². The number of rotatable bonds is 5. The molecule has 5 nitrogen and oxygen atoms in total. The van der Waals surface area contributed by atoms with Crippen LogP contribution < -0.4 is 4.90 Å². The Morgan fingerprint density at radius 3 is 2.54 bits per heavy atom. The number of aliphatic imine (C=N–C) groups is 1.